The fraction of sp³-hybridized carbons (Fsp3) is 0.500. The molecule has 0 spiro atoms. The van der Waals surface area contributed by atoms with E-state index in [4.69, 9.17) is 4.74 Å². The highest BCUT2D eigenvalue weighted by atomic mass is 16.5. The van der Waals surface area contributed by atoms with Gasteiger partial charge in [-0.2, -0.15) is 0 Å². The van der Waals surface area contributed by atoms with Crippen LogP contribution in [-0.2, 0) is 19.1 Å². The summed E-state index contributed by atoms with van der Waals surface area (Å²) in [5, 5.41) is 0. The van der Waals surface area contributed by atoms with Crippen molar-refractivity contribution in [3.8, 4) is 0 Å². The van der Waals surface area contributed by atoms with Crippen molar-refractivity contribution in [3.05, 3.63) is 23.8 Å². The maximum absolute atomic E-state index is 12.1. The van der Waals surface area contributed by atoms with Gasteiger partial charge in [-0.05, 0) is 32.6 Å². The normalized spacial score (nSPS) is 20.4. The molecule has 0 aromatic carbocycles. The highest BCUT2D eigenvalue weighted by Crippen LogP contribution is 2.32. The van der Waals surface area contributed by atoms with Crippen molar-refractivity contribution in [2.45, 2.75) is 38.7 Å². The molecule has 0 saturated heterocycles. The third kappa shape index (κ3) is 2.59. The molecule has 0 fully saturated rings. The molecule has 5 heteroatoms. The molecule has 2 rings (SSSR count). The van der Waals surface area contributed by atoms with Crippen LogP contribution in [0.15, 0.2) is 23.8 Å². The highest BCUT2D eigenvalue weighted by molar-refractivity contribution is 6.19. The zero-order chi connectivity index (χ0) is 14.0. The van der Waals surface area contributed by atoms with Gasteiger partial charge in [0, 0.05) is 17.2 Å². The number of ether oxygens (including phenoxy) is 1. The van der Waals surface area contributed by atoms with E-state index >= 15 is 0 Å². The molecule has 2 amide bonds. The Kier molecular flexibility index (Phi) is 3.83. The Morgan fingerprint density at radius 1 is 1.32 bits per heavy atom. The topological polar surface area (TPSA) is 63.7 Å². The first kappa shape index (κ1) is 13.5. The molecule has 102 valence electrons. The van der Waals surface area contributed by atoms with E-state index in [1.807, 2.05) is 0 Å². The van der Waals surface area contributed by atoms with Crippen LogP contribution in [0.1, 0.15) is 32.6 Å². The second-order valence-electron chi connectivity index (χ2n) is 4.84. The fourth-order valence-electron chi connectivity index (χ4n) is 2.50. The molecule has 1 aliphatic heterocycles. The van der Waals surface area contributed by atoms with Crippen molar-refractivity contribution in [2.75, 3.05) is 6.54 Å². The lowest BCUT2D eigenvalue weighted by molar-refractivity contribution is -0.148. The summed E-state index contributed by atoms with van der Waals surface area (Å²) in [5.74, 6) is -0.994. The number of nitrogens with zero attached hydrogens (tertiary/aromatic N) is 1. The van der Waals surface area contributed by atoms with Gasteiger partial charge in [0.05, 0.1) is 6.54 Å². The van der Waals surface area contributed by atoms with Crippen LogP contribution in [0.25, 0.3) is 0 Å². The van der Waals surface area contributed by atoms with E-state index in [1.54, 1.807) is 6.92 Å². The van der Waals surface area contributed by atoms with Crippen LogP contribution in [0, 0.1) is 0 Å². The summed E-state index contributed by atoms with van der Waals surface area (Å²) in [7, 11) is 0. The van der Waals surface area contributed by atoms with Crippen molar-refractivity contribution < 1.29 is 19.1 Å². The summed E-state index contributed by atoms with van der Waals surface area (Å²) in [6.45, 7) is 5.06. The molecule has 2 aliphatic rings. The summed E-state index contributed by atoms with van der Waals surface area (Å²) in [4.78, 5) is 36.5. The lowest BCUT2D eigenvalue weighted by Crippen LogP contribution is -2.38. The Balaban J connectivity index is 2.03. The first-order valence-corrected chi connectivity index (χ1v) is 6.46. The van der Waals surface area contributed by atoms with Gasteiger partial charge in [0.2, 0.25) is 0 Å². The van der Waals surface area contributed by atoms with E-state index in [1.165, 1.54) is 4.90 Å². The molecule has 0 aromatic rings. The molecule has 0 N–H and O–H groups in total. The van der Waals surface area contributed by atoms with Crippen LogP contribution in [0.4, 0.5) is 0 Å². The lowest BCUT2D eigenvalue weighted by Gasteiger charge is -2.19. The van der Waals surface area contributed by atoms with Crippen molar-refractivity contribution in [3.63, 3.8) is 0 Å². The van der Waals surface area contributed by atoms with Crippen molar-refractivity contribution in [1.29, 1.82) is 0 Å². The fourth-order valence-corrected chi connectivity index (χ4v) is 2.50. The van der Waals surface area contributed by atoms with Gasteiger partial charge in [-0.1, -0.05) is 6.58 Å². The molecule has 1 aliphatic carbocycles. The zero-order valence-corrected chi connectivity index (χ0v) is 11.0. The number of hydrogen-bond acceptors (Lipinski definition) is 4. The molecule has 0 bridgehead atoms. The predicted octanol–water partition coefficient (Wildman–Crippen LogP) is 1.34. The maximum Gasteiger partial charge on any atom is 0.330 e. The Bertz CT molecular complexity index is 450. The van der Waals surface area contributed by atoms with Gasteiger partial charge in [0.1, 0.15) is 6.10 Å². The smallest absolute Gasteiger partial charge is 0.330 e. The minimum Gasteiger partial charge on any atom is -0.458 e. The van der Waals surface area contributed by atoms with E-state index in [0.29, 0.717) is 24.0 Å². The van der Waals surface area contributed by atoms with Crippen LogP contribution in [0.2, 0.25) is 0 Å². The summed E-state index contributed by atoms with van der Waals surface area (Å²) in [6.07, 6.45) is 3.79. The molecule has 0 aromatic heterocycles. The predicted molar refractivity (Wildman–Crippen MR) is 68.0 cm³/mol. The molecule has 19 heavy (non-hydrogen) atoms. The SMILES string of the molecule is C=CC(=O)OC(C)CN1C(=O)C2=C(CCCC2)C1=O. The zero-order valence-electron chi connectivity index (χ0n) is 11.0. The summed E-state index contributed by atoms with van der Waals surface area (Å²) in [6, 6.07) is 0. The Morgan fingerprint density at radius 3 is 2.32 bits per heavy atom. The quantitative estimate of drug-likeness (QED) is 0.436. The summed E-state index contributed by atoms with van der Waals surface area (Å²) in [5.41, 5.74) is 1.30. The van der Waals surface area contributed by atoms with Crippen molar-refractivity contribution in [2.24, 2.45) is 0 Å². The summed E-state index contributed by atoms with van der Waals surface area (Å²) < 4.78 is 4.99. The van der Waals surface area contributed by atoms with Crippen molar-refractivity contribution >= 4 is 17.8 Å². The first-order valence-electron chi connectivity index (χ1n) is 6.46. The van der Waals surface area contributed by atoms with Gasteiger partial charge >= 0.3 is 5.97 Å². The van der Waals surface area contributed by atoms with E-state index in [2.05, 4.69) is 6.58 Å². The highest BCUT2D eigenvalue weighted by Gasteiger charge is 2.39. The van der Waals surface area contributed by atoms with Gasteiger partial charge in [0.25, 0.3) is 11.8 Å². The van der Waals surface area contributed by atoms with Crippen LogP contribution in [0.5, 0.6) is 0 Å². The van der Waals surface area contributed by atoms with Crippen LogP contribution >= 0.6 is 0 Å². The largest absolute Gasteiger partial charge is 0.458 e. The standard InChI is InChI=1S/C14H17NO4/c1-3-12(16)19-9(2)8-15-13(17)10-6-4-5-7-11(10)14(15)18/h3,9H,1,4-8H2,2H3. The Morgan fingerprint density at radius 2 is 1.84 bits per heavy atom. The number of esters is 1. The third-order valence-corrected chi connectivity index (χ3v) is 3.40. The molecule has 0 saturated carbocycles. The number of imide groups is 1. The van der Waals surface area contributed by atoms with Gasteiger partial charge in [-0.3, -0.25) is 14.5 Å². The lowest BCUT2D eigenvalue weighted by atomic mass is 9.93. The number of carbonyl (C=O) groups excluding carboxylic acids is 3. The van der Waals surface area contributed by atoms with Crippen molar-refractivity contribution in [1.82, 2.24) is 4.90 Å². The van der Waals surface area contributed by atoms with Crippen LogP contribution in [0.3, 0.4) is 0 Å². The molecule has 1 unspecified atom stereocenters. The van der Waals surface area contributed by atoms with E-state index < -0.39 is 12.1 Å². The third-order valence-electron chi connectivity index (χ3n) is 3.40. The van der Waals surface area contributed by atoms with Crippen LogP contribution in [-0.4, -0.2) is 35.3 Å². The number of carbonyl (C=O) groups is 3. The monoisotopic (exact) mass is 263 g/mol. The second-order valence-corrected chi connectivity index (χ2v) is 4.84. The minimum atomic E-state index is -0.552. The van der Waals surface area contributed by atoms with Gasteiger partial charge < -0.3 is 4.74 Å². The molecule has 1 atom stereocenters. The first-order chi connectivity index (χ1) is 9.04. The van der Waals surface area contributed by atoms with E-state index in [-0.39, 0.29) is 18.4 Å². The molecule has 0 radical (unpaired) electrons. The number of rotatable bonds is 4. The average molecular weight is 263 g/mol. The second kappa shape index (κ2) is 5.38. The molecular formula is C14H17NO4. The van der Waals surface area contributed by atoms with E-state index in [9.17, 15) is 14.4 Å². The van der Waals surface area contributed by atoms with Gasteiger partial charge in [-0.25, -0.2) is 4.79 Å². The Hall–Kier alpha value is -1.91. The average Bonchev–Trinajstić information content (AvgIpc) is 2.64. The maximum atomic E-state index is 12.1. The van der Waals surface area contributed by atoms with Gasteiger partial charge in [-0.15, -0.1) is 0 Å². The van der Waals surface area contributed by atoms with E-state index in [0.717, 1.165) is 18.9 Å². The van der Waals surface area contributed by atoms with Gasteiger partial charge in [0.15, 0.2) is 0 Å². The molecular weight excluding hydrogens is 246 g/mol. The minimum absolute atomic E-state index is 0.101. The Labute approximate surface area is 111 Å². The molecule has 5 nitrogen and oxygen atoms in total. The van der Waals surface area contributed by atoms with Crippen LogP contribution < -0.4 is 0 Å². The molecule has 1 heterocycles. The number of hydrogen-bond donors (Lipinski definition) is 0. The number of amides is 2. The summed E-state index contributed by atoms with van der Waals surface area (Å²) >= 11 is 0.